The number of carbonyl (C=O) groups excluding carboxylic acids is 1. The van der Waals surface area contributed by atoms with Crippen molar-refractivity contribution in [1.29, 1.82) is 0 Å². The summed E-state index contributed by atoms with van der Waals surface area (Å²) in [6, 6.07) is 7.96. The Kier molecular flexibility index (Phi) is 5.18. The zero-order valence-corrected chi connectivity index (χ0v) is 15.0. The predicted octanol–water partition coefficient (Wildman–Crippen LogP) is 4.94. The van der Waals surface area contributed by atoms with Gasteiger partial charge in [-0.1, -0.05) is 27.5 Å². The molecular formula is C16H16BrClN2OS. The quantitative estimate of drug-likeness (QED) is 0.790. The van der Waals surface area contributed by atoms with Crippen molar-refractivity contribution in [2.75, 3.05) is 18.4 Å². The van der Waals surface area contributed by atoms with Crippen LogP contribution in [0.1, 0.15) is 24.4 Å². The van der Waals surface area contributed by atoms with E-state index in [4.69, 9.17) is 11.6 Å². The van der Waals surface area contributed by atoms with Crippen molar-refractivity contribution >= 4 is 50.5 Å². The highest BCUT2D eigenvalue weighted by atomic mass is 79.9. The summed E-state index contributed by atoms with van der Waals surface area (Å²) >= 11 is 11.2. The van der Waals surface area contributed by atoms with E-state index in [-0.39, 0.29) is 5.91 Å². The van der Waals surface area contributed by atoms with E-state index in [1.807, 2.05) is 12.1 Å². The third-order valence-electron chi connectivity index (χ3n) is 3.84. The second-order valence-electron chi connectivity index (χ2n) is 5.36. The first-order valence-electron chi connectivity index (χ1n) is 7.14. The molecular weight excluding hydrogens is 384 g/mol. The molecule has 1 atom stereocenters. The first-order chi connectivity index (χ1) is 10.6. The molecule has 116 valence electrons. The van der Waals surface area contributed by atoms with E-state index in [0.717, 1.165) is 23.9 Å². The molecule has 0 spiro atoms. The Bertz CT molecular complexity index is 662. The predicted molar refractivity (Wildman–Crippen MR) is 95.6 cm³/mol. The van der Waals surface area contributed by atoms with Crippen LogP contribution in [0, 0.1) is 0 Å². The van der Waals surface area contributed by atoms with Crippen molar-refractivity contribution in [3.8, 4) is 0 Å². The van der Waals surface area contributed by atoms with Crippen LogP contribution in [0.4, 0.5) is 5.69 Å². The molecule has 1 saturated heterocycles. The lowest BCUT2D eigenvalue weighted by atomic mass is 10.1. The Morgan fingerprint density at radius 2 is 2.32 bits per heavy atom. The second-order valence-corrected chi connectivity index (χ2v) is 7.46. The molecule has 0 saturated carbocycles. The van der Waals surface area contributed by atoms with E-state index < -0.39 is 0 Å². The number of amides is 1. The number of likely N-dealkylation sites (tertiary alicyclic amines) is 1. The number of anilines is 1. The smallest absolute Gasteiger partial charge is 0.238 e. The normalized spacial score (nSPS) is 18.5. The topological polar surface area (TPSA) is 32.3 Å². The van der Waals surface area contributed by atoms with Crippen LogP contribution in [-0.4, -0.2) is 23.9 Å². The maximum absolute atomic E-state index is 12.3. The maximum atomic E-state index is 12.3. The van der Waals surface area contributed by atoms with Crippen LogP contribution in [-0.2, 0) is 4.79 Å². The molecule has 1 aromatic heterocycles. The molecule has 1 aliphatic heterocycles. The second kappa shape index (κ2) is 7.13. The van der Waals surface area contributed by atoms with Gasteiger partial charge < -0.3 is 5.32 Å². The number of benzene rings is 1. The number of nitrogens with one attached hydrogen (secondary N) is 1. The molecule has 3 nitrogen and oxygen atoms in total. The van der Waals surface area contributed by atoms with Gasteiger partial charge in [0.2, 0.25) is 5.91 Å². The summed E-state index contributed by atoms with van der Waals surface area (Å²) in [5.74, 6) is -0.0219. The van der Waals surface area contributed by atoms with Gasteiger partial charge in [0.25, 0.3) is 0 Å². The first kappa shape index (κ1) is 16.0. The molecule has 22 heavy (non-hydrogen) atoms. The Morgan fingerprint density at radius 1 is 1.45 bits per heavy atom. The lowest BCUT2D eigenvalue weighted by Crippen LogP contribution is -2.32. The van der Waals surface area contributed by atoms with E-state index in [0.29, 0.717) is 23.3 Å². The monoisotopic (exact) mass is 398 g/mol. The molecule has 1 N–H and O–H groups in total. The van der Waals surface area contributed by atoms with Crippen molar-refractivity contribution < 1.29 is 4.79 Å². The van der Waals surface area contributed by atoms with E-state index in [1.165, 1.54) is 5.56 Å². The van der Waals surface area contributed by atoms with E-state index >= 15 is 0 Å². The van der Waals surface area contributed by atoms with E-state index in [2.05, 4.69) is 43.0 Å². The third kappa shape index (κ3) is 3.71. The zero-order chi connectivity index (χ0) is 15.5. The molecule has 0 aliphatic carbocycles. The number of thiophene rings is 1. The molecule has 3 rings (SSSR count). The van der Waals surface area contributed by atoms with Gasteiger partial charge in [0.15, 0.2) is 0 Å². The fourth-order valence-electron chi connectivity index (χ4n) is 2.82. The molecule has 1 fully saturated rings. The standard InChI is InChI=1S/C16H16BrClN2OS/c17-12-3-4-14(13(18)8-12)19-16(21)9-20-6-1-2-15(20)11-5-7-22-10-11/h3-5,7-8,10,15H,1-2,6,9H2,(H,19,21). The van der Waals surface area contributed by atoms with E-state index in [9.17, 15) is 4.79 Å². The number of rotatable bonds is 4. The van der Waals surface area contributed by atoms with Crippen LogP contribution in [0.2, 0.25) is 5.02 Å². The third-order valence-corrected chi connectivity index (χ3v) is 5.35. The number of nitrogens with zero attached hydrogens (tertiary/aromatic N) is 1. The lowest BCUT2D eigenvalue weighted by molar-refractivity contribution is -0.117. The van der Waals surface area contributed by atoms with Crippen LogP contribution >= 0.6 is 38.9 Å². The maximum Gasteiger partial charge on any atom is 0.238 e. The molecule has 0 bridgehead atoms. The minimum atomic E-state index is -0.0219. The number of halogens is 2. The minimum absolute atomic E-state index is 0.0219. The largest absolute Gasteiger partial charge is 0.324 e. The van der Waals surface area contributed by atoms with Crippen molar-refractivity contribution in [3.63, 3.8) is 0 Å². The highest BCUT2D eigenvalue weighted by Crippen LogP contribution is 2.33. The summed E-state index contributed by atoms with van der Waals surface area (Å²) < 4.78 is 0.896. The highest BCUT2D eigenvalue weighted by Gasteiger charge is 2.27. The first-order valence-corrected chi connectivity index (χ1v) is 9.26. The van der Waals surface area contributed by atoms with Crippen LogP contribution < -0.4 is 5.32 Å². The van der Waals surface area contributed by atoms with Crippen LogP contribution in [0.25, 0.3) is 0 Å². The van der Waals surface area contributed by atoms with Gasteiger partial charge in [-0.05, 0) is 60.0 Å². The Hall–Kier alpha value is -0.880. The average Bonchev–Trinajstić information content (AvgIpc) is 3.12. The lowest BCUT2D eigenvalue weighted by Gasteiger charge is -2.23. The fourth-order valence-corrected chi connectivity index (χ4v) is 4.25. The van der Waals surface area contributed by atoms with Gasteiger partial charge in [-0.2, -0.15) is 11.3 Å². The van der Waals surface area contributed by atoms with Crippen molar-refractivity contribution in [3.05, 3.63) is 50.1 Å². The van der Waals surface area contributed by atoms with Crippen molar-refractivity contribution in [2.45, 2.75) is 18.9 Å². The number of carbonyl (C=O) groups is 1. The Morgan fingerprint density at radius 3 is 3.05 bits per heavy atom. The molecule has 1 unspecified atom stereocenters. The number of hydrogen-bond acceptors (Lipinski definition) is 3. The molecule has 1 aromatic carbocycles. The summed E-state index contributed by atoms with van der Waals surface area (Å²) in [6.45, 7) is 1.36. The summed E-state index contributed by atoms with van der Waals surface area (Å²) in [7, 11) is 0. The van der Waals surface area contributed by atoms with Crippen LogP contribution in [0.15, 0.2) is 39.5 Å². The summed E-state index contributed by atoms with van der Waals surface area (Å²) in [5, 5.41) is 7.70. The van der Waals surface area contributed by atoms with Gasteiger partial charge in [-0.3, -0.25) is 9.69 Å². The molecule has 2 aromatic rings. The molecule has 1 amide bonds. The van der Waals surface area contributed by atoms with Crippen molar-refractivity contribution in [2.24, 2.45) is 0 Å². The van der Waals surface area contributed by atoms with Crippen LogP contribution in [0.3, 0.4) is 0 Å². The summed E-state index contributed by atoms with van der Waals surface area (Å²) in [5.41, 5.74) is 1.97. The van der Waals surface area contributed by atoms with Gasteiger partial charge in [-0.15, -0.1) is 0 Å². The minimum Gasteiger partial charge on any atom is -0.324 e. The van der Waals surface area contributed by atoms with E-state index in [1.54, 1.807) is 17.4 Å². The summed E-state index contributed by atoms with van der Waals surface area (Å²) in [4.78, 5) is 14.5. The van der Waals surface area contributed by atoms with Gasteiger partial charge >= 0.3 is 0 Å². The summed E-state index contributed by atoms with van der Waals surface area (Å²) in [6.07, 6.45) is 2.25. The molecule has 1 aliphatic rings. The van der Waals surface area contributed by atoms with Gasteiger partial charge in [-0.25, -0.2) is 0 Å². The fraction of sp³-hybridized carbons (Fsp3) is 0.312. The average molecular weight is 400 g/mol. The zero-order valence-electron chi connectivity index (χ0n) is 11.9. The van der Waals surface area contributed by atoms with Gasteiger partial charge in [0.1, 0.15) is 0 Å². The molecule has 0 radical (unpaired) electrons. The molecule has 2 heterocycles. The van der Waals surface area contributed by atoms with Gasteiger partial charge in [0, 0.05) is 10.5 Å². The highest BCUT2D eigenvalue weighted by molar-refractivity contribution is 9.10. The number of hydrogen-bond donors (Lipinski definition) is 1. The molecule has 6 heteroatoms. The van der Waals surface area contributed by atoms with Gasteiger partial charge in [0.05, 0.1) is 17.3 Å². The van der Waals surface area contributed by atoms with Crippen molar-refractivity contribution in [1.82, 2.24) is 4.90 Å². The van der Waals surface area contributed by atoms with Crippen LogP contribution in [0.5, 0.6) is 0 Å². The Balaban J connectivity index is 1.64. The Labute approximate surface area is 147 Å². The SMILES string of the molecule is O=C(CN1CCCC1c1ccsc1)Nc1ccc(Br)cc1Cl.